The third-order valence-electron chi connectivity index (χ3n) is 2.32. The Labute approximate surface area is 94.3 Å². The van der Waals surface area contributed by atoms with Gasteiger partial charge in [0.15, 0.2) is 5.78 Å². The van der Waals surface area contributed by atoms with Crippen LogP contribution in [0.1, 0.15) is 37.0 Å². The average Bonchev–Trinajstić information content (AvgIpc) is 2.15. The SMILES string of the molecule is CCCC(C)C(=O)c1cc(F)cc(Cl)c1. The van der Waals surface area contributed by atoms with Gasteiger partial charge in [-0.1, -0.05) is 31.9 Å². The zero-order valence-corrected chi connectivity index (χ0v) is 9.64. The van der Waals surface area contributed by atoms with E-state index < -0.39 is 5.82 Å². The van der Waals surface area contributed by atoms with Gasteiger partial charge in [0.25, 0.3) is 0 Å². The Bertz CT molecular complexity index is 342. The summed E-state index contributed by atoms with van der Waals surface area (Å²) in [4.78, 5) is 11.8. The molecule has 15 heavy (non-hydrogen) atoms. The van der Waals surface area contributed by atoms with Gasteiger partial charge in [-0.15, -0.1) is 0 Å². The zero-order valence-electron chi connectivity index (χ0n) is 8.89. The second-order valence-corrected chi connectivity index (χ2v) is 4.15. The van der Waals surface area contributed by atoms with Crippen molar-refractivity contribution in [2.75, 3.05) is 0 Å². The summed E-state index contributed by atoms with van der Waals surface area (Å²) in [7, 11) is 0. The molecule has 1 atom stereocenters. The van der Waals surface area contributed by atoms with Crippen LogP contribution < -0.4 is 0 Å². The Kier molecular flexibility index (Phi) is 4.28. The Morgan fingerprint density at radius 3 is 2.67 bits per heavy atom. The summed E-state index contributed by atoms with van der Waals surface area (Å²) in [6, 6.07) is 3.95. The van der Waals surface area contributed by atoms with E-state index in [1.165, 1.54) is 18.2 Å². The van der Waals surface area contributed by atoms with Crippen LogP contribution in [-0.4, -0.2) is 5.78 Å². The maximum absolute atomic E-state index is 13.0. The Hall–Kier alpha value is -0.890. The predicted octanol–water partition coefficient (Wildman–Crippen LogP) is 4.10. The van der Waals surface area contributed by atoms with Crippen LogP contribution in [0.5, 0.6) is 0 Å². The molecule has 0 N–H and O–H groups in total. The highest BCUT2D eigenvalue weighted by atomic mass is 35.5. The number of hydrogen-bond acceptors (Lipinski definition) is 1. The highest BCUT2D eigenvalue weighted by molar-refractivity contribution is 6.31. The smallest absolute Gasteiger partial charge is 0.165 e. The van der Waals surface area contributed by atoms with Crippen molar-refractivity contribution in [3.63, 3.8) is 0 Å². The fraction of sp³-hybridized carbons (Fsp3) is 0.417. The molecular weight excluding hydrogens is 215 g/mol. The van der Waals surface area contributed by atoms with E-state index in [-0.39, 0.29) is 16.7 Å². The quantitative estimate of drug-likeness (QED) is 0.710. The minimum atomic E-state index is -0.463. The van der Waals surface area contributed by atoms with Gasteiger partial charge in [0.1, 0.15) is 5.82 Å². The summed E-state index contributed by atoms with van der Waals surface area (Å²) < 4.78 is 13.0. The van der Waals surface area contributed by atoms with Crippen LogP contribution in [0.15, 0.2) is 18.2 Å². The first-order valence-corrected chi connectivity index (χ1v) is 5.42. The van der Waals surface area contributed by atoms with Crippen LogP contribution in [0.3, 0.4) is 0 Å². The molecule has 3 heteroatoms. The van der Waals surface area contributed by atoms with Crippen LogP contribution >= 0.6 is 11.6 Å². The molecule has 0 spiro atoms. The summed E-state index contributed by atoms with van der Waals surface area (Å²) in [5.74, 6) is -0.583. The van der Waals surface area contributed by atoms with E-state index in [1.807, 2.05) is 13.8 Å². The lowest BCUT2D eigenvalue weighted by Crippen LogP contribution is -2.11. The molecule has 1 nitrogen and oxygen atoms in total. The molecule has 0 aliphatic rings. The molecule has 0 amide bonds. The highest BCUT2D eigenvalue weighted by Gasteiger charge is 2.15. The fourth-order valence-corrected chi connectivity index (χ4v) is 1.77. The standard InChI is InChI=1S/C12H14ClFO/c1-3-4-8(2)12(15)9-5-10(13)7-11(14)6-9/h5-8H,3-4H2,1-2H3. The van der Waals surface area contributed by atoms with Gasteiger partial charge in [0, 0.05) is 16.5 Å². The van der Waals surface area contributed by atoms with Gasteiger partial charge in [-0.25, -0.2) is 4.39 Å². The van der Waals surface area contributed by atoms with E-state index in [4.69, 9.17) is 11.6 Å². The second kappa shape index (κ2) is 5.26. The number of Topliss-reactive ketones (excluding diaryl/α,β-unsaturated/α-hetero) is 1. The molecule has 82 valence electrons. The summed E-state index contributed by atoms with van der Waals surface area (Å²) in [5.41, 5.74) is 0.362. The van der Waals surface area contributed by atoms with Crippen LogP contribution in [0.25, 0.3) is 0 Å². The van der Waals surface area contributed by atoms with Crippen molar-refractivity contribution in [2.24, 2.45) is 5.92 Å². The minimum Gasteiger partial charge on any atom is -0.294 e. The second-order valence-electron chi connectivity index (χ2n) is 3.71. The molecule has 1 rings (SSSR count). The van der Waals surface area contributed by atoms with Crippen molar-refractivity contribution in [3.05, 3.63) is 34.6 Å². The van der Waals surface area contributed by atoms with Crippen LogP contribution in [0.2, 0.25) is 5.02 Å². The first kappa shape index (κ1) is 12.2. The molecule has 0 saturated carbocycles. The monoisotopic (exact) mass is 228 g/mol. The first-order valence-electron chi connectivity index (χ1n) is 5.05. The molecule has 0 saturated heterocycles. The predicted molar refractivity (Wildman–Crippen MR) is 59.8 cm³/mol. The van der Waals surface area contributed by atoms with Gasteiger partial charge in [-0.3, -0.25) is 4.79 Å². The summed E-state index contributed by atoms with van der Waals surface area (Å²) in [6.45, 7) is 3.87. The first-order chi connectivity index (χ1) is 7.04. The topological polar surface area (TPSA) is 17.1 Å². The molecule has 0 aliphatic heterocycles. The Morgan fingerprint density at radius 2 is 2.13 bits per heavy atom. The third kappa shape index (κ3) is 3.31. The molecule has 0 heterocycles. The Balaban J connectivity index is 2.90. The number of hydrogen-bond donors (Lipinski definition) is 0. The third-order valence-corrected chi connectivity index (χ3v) is 2.53. The normalized spacial score (nSPS) is 12.5. The maximum atomic E-state index is 13.0. The van der Waals surface area contributed by atoms with Gasteiger partial charge >= 0.3 is 0 Å². The van der Waals surface area contributed by atoms with Gasteiger partial charge in [-0.05, 0) is 24.6 Å². The largest absolute Gasteiger partial charge is 0.294 e. The van der Waals surface area contributed by atoms with Crippen LogP contribution in [0, 0.1) is 11.7 Å². The van der Waals surface area contributed by atoms with E-state index in [0.29, 0.717) is 5.56 Å². The van der Waals surface area contributed by atoms with E-state index in [9.17, 15) is 9.18 Å². The molecule has 1 aromatic rings. The van der Waals surface area contributed by atoms with Crippen LogP contribution in [-0.2, 0) is 0 Å². The average molecular weight is 229 g/mol. The summed E-state index contributed by atoms with van der Waals surface area (Å²) >= 11 is 5.68. The van der Waals surface area contributed by atoms with Crippen molar-refractivity contribution in [2.45, 2.75) is 26.7 Å². The number of benzene rings is 1. The molecule has 1 unspecified atom stereocenters. The molecule has 0 radical (unpaired) electrons. The number of halogens is 2. The van der Waals surface area contributed by atoms with E-state index in [2.05, 4.69) is 0 Å². The van der Waals surface area contributed by atoms with Crippen molar-refractivity contribution in [3.8, 4) is 0 Å². The fourth-order valence-electron chi connectivity index (χ4n) is 1.54. The van der Waals surface area contributed by atoms with Crippen LogP contribution in [0.4, 0.5) is 4.39 Å². The summed E-state index contributed by atoms with van der Waals surface area (Å²) in [5, 5.41) is 0.266. The number of rotatable bonds is 4. The van der Waals surface area contributed by atoms with Gasteiger partial charge < -0.3 is 0 Å². The van der Waals surface area contributed by atoms with Gasteiger partial charge in [0.05, 0.1) is 0 Å². The minimum absolute atomic E-state index is 0.0433. The van der Waals surface area contributed by atoms with Crippen molar-refractivity contribution >= 4 is 17.4 Å². The van der Waals surface area contributed by atoms with Crippen molar-refractivity contribution < 1.29 is 9.18 Å². The number of carbonyl (C=O) groups is 1. The lowest BCUT2D eigenvalue weighted by Gasteiger charge is -2.09. The lowest BCUT2D eigenvalue weighted by atomic mass is 9.95. The molecule has 0 aromatic heterocycles. The molecule has 1 aromatic carbocycles. The molecule has 0 aliphatic carbocycles. The zero-order chi connectivity index (χ0) is 11.4. The molecular formula is C12H14ClFO. The molecule has 0 fully saturated rings. The lowest BCUT2D eigenvalue weighted by molar-refractivity contribution is 0.0923. The number of ketones is 1. The maximum Gasteiger partial charge on any atom is 0.165 e. The van der Waals surface area contributed by atoms with Crippen molar-refractivity contribution in [1.82, 2.24) is 0 Å². The van der Waals surface area contributed by atoms with E-state index >= 15 is 0 Å². The molecule has 0 bridgehead atoms. The van der Waals surface area contributed by atoms with E-state index in [1.54, 1.807) is 0 Å². The van der Waals surface area contributed by atoms with Crippen molar-refractivity contribution in [1.29, 1.82) is 0 Å². The highest BCUT2D eigenvalue weighted by Crippen LogP contribution is 2.19. The van der Waals surface area contributed by atoms with E-state index in [0.717, 1.165) is 12.8 Å². The van der Waals surface area contributed by atoms with Gasteiger partial charge in [0.2, 0.25) is 0 Å². The Morgan fingerprint density at radius 1 is 1.47 bits per heavy atom. The number of carbonyl (C=O) groups excluding carboxylic acids is 1. The summed E-state index contributed by atoms with van der Waals surface area (Å²) in [6.07, 6.45) is 1.75. The van der Waals surface area contributed by atoms with Gasteiger partial charge in [-0.2, -0.15) is 0 Å².